The van der Waals surface area contributed by atoms with Crippen molar-refractivity contribution in [1.29, 1.82) is 0 Å². The first-order valence-corrected chi connectivity index (χ1v) is 10.3. The topological polar surface area (TPSA) is 157 Å². The average molecular weight is 403 g/mol. The lowest BCUT2D eigenvalue weighted by Crippen LogP contribution is -2.02. The highest BCUT2D eigenvalue weighted by atomic mass is 31.2. The predicted molar refractivity (Wildman–Crippen MR) is 92.2 cm³/mol. The Morgan fingerprint density at radius 2 is 2.15 bits per heavy atom. The van der Waals surface area contributed by atoms with Crippen molar-refractivity contribution >= 4 is 27.2 Å². The fourth-order valence-electron chi connectivity index (χ4n) is 2.40. The van der Waals surface area contributed by atoms with Gasteiger partial charge >= 0.3 is 21.5 Å². The number of nitrogens with zero attached hydrogens (tertiary/aromatic N) is 4. The summed E-state index contributed by atoms with van der Waals surface area (Å²) >= 11 is 0. The van der Waals surface area contributed by atoms with Gasteiger partial charge in [0, 0.05) is 16.0 Å². The van der Waals surface area contributed by atoms with Crippen molar-refractivity contribution in [1.82, 2.24) is 14.6 Å². The van der Waals surface area contributed by atoms with Crippen molar-refractivity contribution in [3.63, 3.8) is 0 Å². The van der Waals surface area contributed by atoms with Gasteiger partial charge in [-0.1, -0.05) is 12.2 Å². The maximum atomic E-state index is 11.4. The van der Waals surface area contributed by atoms with Crippen LogP contribution in [0.2, 0.25) is 0 Å². The smallest absolute Gasteiger partial charge is 0.321 e. The first-order chi connectivity index (χ1) is 12.1. The van der Waals surface area contributed by atoms with Crippen LogP contribution >= 0.6 is 15.9 Å². The molecule has 26 heavy (non-hydrogen) atoms. The van der Waals surface area contributed by atoms with Crippen LogP contribution in [0.1, 0.15) is 23.5 Å². The third-order valence-electron chi connectivity index (χ3n) is 3.38. The third-order valence-corrected chi connectivity index (χ3v) is 5.64. The van der Waals surface area contributed by atoms with E-state index in [-0.39, 0.29) is 17.0 Å². The van der Waals surface area contributed by atoms with Crippen molar-refractivity contribution in [2.75, 3.05) is 6.16 Å². The van der Waals surface area contributed by atoms with E-state index in [1.807, 2.05) is 0 Å². The Bertz CT molecular complexity index is 940. The van der Waals surface area contributed by atoms with Gasteiger partial charge in [-0.3, -0.25) is 14.7 Å². The van der Waals surface area contributed by atoms with Gasteiger partial charge in [-0.15, -0.1) is 4.89 Å². The van der Waals surface area contributed by atoms with Gasteiger partial charge < -0.3 is 4.89 Å². The van der Waals surface area contributed by atoms with Crippen LogP contribution < -0.4 is 0 Å². The standard InChI is InChI=1S/C13H16N4O7P2/c1-9-8-11(6-4-3-5-7-26(22,23)24-25(20)21)16-13(14-9)12(17(18)19)10(2)15-16/h3,5,8H,4,6-7H2,1-2H3,(H-,20,21,22,23)/p+1. The molecule has 0 aliphatic rings. The van der Waals surface area contributed by atoms with Gasteiger partial charge in [-0.25, -0.2) is 9.50 Å². The maximum Gasteiger partial charge on any atom is 0.703 e. The van der Waals surface area contributed by atoms with Crippen LogP contribution in [-0.4, -0.2) is 35.5 Å². The molecule has 2 N–H and O–H groups in total. The number of fused-ring (bicyclic) bond motifs is 1. The summed E-state index contributed by atoms with van der Waals surface area (Å²) < 4.78 is 27.3. The van der Waals surface area contributed by atoms with Gasteiger partial charge in [0.25, 0.3) is 0 Å². The molecule has 2 aromatic rings. The lowest BCUT2D eigenvalue weighted by molar-refractivity contribution is -0.383. The van der Waals surface area contributed by atoms with E-state index in [1.165, 1.54) is 17.5 Å². The third kappa shape index (κ3) is 5.00. The summed E-state index contributed by atoms with van der Waals surface area (Å²) in [6, 6.07) is 1.76. The molecule has 140 valence electrons. The molecule has 2 atom stereocenters. The minimum Gasteiger partial charge on any atom is -0.321 e. The summed E-state index contributed by atoms with van der Waals surface area (Å²) in [5.74, 6) is 0. The molecule has 0 saturated carbocycles. The van der Waals surface area contributed by atoms with Gasteiger partial charge in [-0.05, 0) is 37.1 Å². The molecule has 0 aliphatic heterocycles. The van der Waals surface area contributed by atoms with E-state index < -0.39 is 26.9 Å². The molecule has 2 rings (SSSR count). The largest absolute Gasteiger partial charge is 0.703 e. The molecule has 0 spiro atoms. The fourth-order valence-corrected chi connectivity index (χ4v) is 3.96. The van der Waals surface area contributed by atoms with Crippen molar-refractivity contribution in [2.45, 2.75) is 26.7 Å². The lowest BCUT2D eigenvalue weighted by atomic mass is 10.2. The lowest BCUT2D eigenvalue weighted by Gasteiger charge is -2.04. The maximum absolute atomic E-state index is 11.4. The monoisotopic (exact) mass is 403 g/mol. The van der Waals surface area contributed by atoms with E-state index >= 15 is 0 Å². The van der Waals surface area contributed by atoms with E-state index in [4.69, 9.17) is 4.89 Å². The van der Waals surface area contributed by atoms with Crippen LogP contribution in [0, 0.1) is 24.0 Å². The Morgan fingerprint density at radius 3 is 2.77 bits per heavy atom. The minimum atomic E-state index is -4.15. The van der Waals surface area contributed by atoms with Gasteiger partial charge in [0.2, 0.25) is 5.65 Å². The van der Waals surface area contributed by atoms with Crippen molar-refractivity contribution in [3.05, 3.63) is 45.4 Å². The summed E-state index contributed by atoms with van der Waals surface area (Å²) in [7, 11) is -7.29. The summed E-state index contributed by atoms with van der Waals surface area (Å²) in [5, 5.41) is 15.4. The van der Waals surface area contributed by atoms with Gasteiger partial charge in [-0.2, -0.15) is 5.10 Å². The van der Waals surface area contributed by atoms with Crippen molar-refractivity contribution in [3.8, 4) is 0 Å². The highest BCUT2D eigenvalue weighted by molar-refractivity contribution is 7.59. The molecule has 0 aliphatic carbocycles. The molecule has 0 fully saturated rings. The molecular weight excluding hydrogens is 386 g/mol. The molecule has 11 nitrogen and oxygen atoms in total. The van der Waals surface area contributed by atoms with E-state index in [0.29, 0.717) is 24.2 Å². The highest BCUT2D eigenvalue weighted by Crippen LogP contribution is 2.49. The predicted octanol–water partition coefficient (Wildman–Crippen LogP) is 2.59. The molecular formula is C13H17N4O7P2+. The van der Waals surface area contributed by atoms with E-state index in [9.17, 15) is 24.1 Å². The molecule has 2 aromatic heterocycles. The van der Waals surface area contributed by atoms with Crippen molar-refractivity contribution < 1.29 is 28.2 Å². The first-order valence-electron chi connectivity index (χ1n) is 7.43. The van der Waals surface area contributed by atoms with Crippen LogP contribution in [0.3, 0.4) is 0 Å². The Labute approximate surface area is 149 Å². The Morgan fingerprint density at radius 1 is 1.46 bits per heavy atom. The number of aromatic nitrogens is 3. The summed E-state index contributed by atoms with van der Waals surface area (Å²) in [6.45, 7) is 3.26. The van der Waals surface area contributed by atoms with Crippen LogP contribution in [0.15, 0.2) is 18.2 Å². The van der Waals surface area contributed by atoms with Gasteiger partial charge in [0.05, 0.1) is 11.1 Å². The number of hydrogen-bond donors (Lipinski definition) is 2. The second-order valence-corrected chi connectivity index (χ2v) is 8.23. The number of nitro groups is 1. The van der Waals surface area contributed by atoms with Crippen LogP contribution in [0.4, 0.5) is 5.69 Å². The molecule has 0 radical (unpaired) electrons. The SMILES string of the molecule is Cc1cc(CCC=CCP(=O)(O)O[P+](=O)O)n2nc(C)c([N+](=O)[O-])c2n1. The molecule has 13 heteroatoms. The van der Waals surface area contributed by atoms with E-state index in [0.717, 1.165) is 0 Å². The fraction of sp³-hybridized carbons (Fsp3) is 0.385. The Hall–Kier alpha value is -2.03. The second kappa shape index (κ2) is 8.11. The number of rotatable bonds is 8. The van der Waals surface area contributed by atoms with Gasteiger partial charge in [0.15, 0.2) is 0 Å². The average Bonchev–Trinajstić information content (AvgIpc) is 2.81. The molecule has 0 bridgehead atoms. The summed E-state index contributed by atoms with van der Waals surface area (Å²) in [4.78, 5) is 32.7. The normalized spacial score (nSPS) is 14.7. The zero-order valence-electron chi connectivity index (χ0n) is 14.0. The zero-order valence-corrected chi connectivity index (χ0v) is 15.8. The molecule has 0 amide bonds. The number of allylic oxidation sites excluding steroid dienone is 2. The number of aryl methyl sites for hydroxylation is 3. The second-order valence-electron chi connectivity index (χ2n) is 5.46. The Balaban J connectivity index is 2.13. The molecule has 2 unspecified atom stereocenters. The van der Waals surface area contributed by atoms with Gasteiger partial charge in [0.1, 0.15) is 5.69 Å². The van der Waals surface area contributed by atoms with Crippen LogP contribution in [0.5, 0.6) is 0 Å². The molecule has 2 heterocycles. The first kappa shape index (κ1) is 20.3. The van der Waals surface area contributed by atoms with Crippen molar-refractivity contribution in [2.24, 2.45) is 0 Å². The molecule has 0 aromatic carbocycles. The van der Waals surface area contributed by atoms with E-state index in [2.05, 4.69) is 14.4 Å². The summed E-state index contributed by atoms with van der Waals surface area (Å²) in [6.07, 6.45) is 3.51. The highest BCUT2D eigenvalue weighted by Gasteiger charge is 2.31. The Kier molecular flexibility index (Phi) is 6.33. The summed E-state index contributed by atoms with van der Waals surface area (Å²) in [5.41, 5.74) is 1.62. The minimum absolute atomic E-state index is 0.137. The number of hydrogen-bond acceptors (Lipinski definition) is 7. The molecule has 0 saturated heterocycles. The quantitative estimate of drug-likeness (QED) is 0.292. The van der Waals surface area contributed by atoms with Crippen LogP contribution in [-0.2, 0) is 19.9 Å². The van der Waals surface area contributed by atoms with Crippen LogP contribution in [0.25, 0.3) is 5.65 Å². The zero-order chi connectivity index (χ0) is 19.5. The van der Waals surface area contributed by atoms with E-state index in [1.54, 1.807) is 19.1 Å².